The second kappa shape index (κ2) is 6.64. The van der Waals surface area contributed by atoms with Crippen LogP contribution in [0.15, 0.2) is 34.5 Å². The summed E-state index contributed by atoms with van der Waals surface area (Å²) in [6.45, 7) is 4.44. The number of hydrogen-bond donors (Lipinski definition) is 0. The Bertz CT molecular complexity index is 703. The normalized spacial score (nSPS) is 17.4. The molecule has 0 amide bonds. The molecular formula is C15H20N2O3S2. The third-order valence-corrected chi connectivity index (χ3v) is 7.32. The lowest BCUT2D eigenvalue weighted by molar-refractivity contribution is 0.0368. The minimum Gasteiger partial charge on any atom is -0.379 e. The summed E-state index contributed by atoms with van der Waals surface area (Å²) in [6, 6.07) is 9.51. The van der Waals surface area contributed by atoms with E-state index in [4.69, 9.17) is 4.74 Å². The fourth-order valence-electron chi connectivity index (χ4n) is 2.47. The molecule has 3 rings (SSSR count). The number of likely N-dealkylation sites (N-methyl/N-ethyl adjacent to an activating group) is 1. The van der Waals surface area contributed by atoms with Crippen molar-refractivity contribution in [3.8, 4) is 0 Å². The van der Waals surface area contributed by atoms with E-state index in [0.717, 1.165) is 42.9 Å². The van der Waals surface area contributed by atoms with E-state index in [0.29, 0.717) is 10.8 Å². The van der Waals surface area contributed by atoms with Crippen LogP contribution in [0.25, 0.3) is 10.1 Å². The summed E-state index contributed by atoms with van der Waals surface area (Å²) >= 11 is 1.33. The number of ether oxygens (including phenoxy) is 1. The van der Waals surface area contributed by atoms with Crippen LogP contribution in [-0.2, 0) is 14.8 Å². The molecule has 1 saturated heterocycles. The van der Waals surface area contributed by atoms with Gasteiger partial charge in [-0.2, -0.15) is 4.31 Å². The quantitative estimate of drug-likeness (QED) is 0.834. The monoisotopic (exact) mass is 340 g/mol. The van der Waals surface area contributed by atoms with Gasteiger partial charge in [0.05, 0.1) is 13.2 Å². The highest BCUT2D eigenvalue weighted by atomic mass is 32.2. The van der Waals surface area contributed by atoms with Crippen LogP contribution in [0.2, 0.25) is 0 Å². The highest BCUT2D eigenvalue weighted by Gasteiger charge is 2.23. The Morgan fingerprint density at radius 2 is 2.00 bits per heavy atom. The van der Waals surface area contributed by atoms with E-state index in [1.807, 2.05) is 24.3 Å². The maximum atomic E-state index is 12.7. The number of sulfonamides is 1. The molecule has 2 aromatic rings. The molecule has 1 aromatic carbocycles. The molecule has 120 valence electrons. The van der Waals surface area contributed by atoms with Crippen molar-refractivity contribution >= 4 is 31.4 Å². The van der Waals surface area contributed by atoms with Crippen LogP contribution in [0, 0.1) is 0 Å². The Labute approximate surface area is 135 Å². The third kappa shape index (κ3) is 3.33. The van der Waals surface area contributed by atoms with Crippen LogP contribution >= 0.6 is 11.3 Å². The van der Waals surface area contributed by atoms with Crippen molar-refractivity contribution in [2.45, 2.75) is 4.21 Å². The van der Waals surface area contributed by atoms with Gasteiger partial charge in [0.2, 0.25) is 0 Å². The van der Waals surface area contributed by atoms with Gasteiger partial charge >= 0.3 is 0 Å². The summed E-state index contributed by atoms with van der Waals surface area (Å²) < 4.78 is 33.5. The van der Waals surface area contributed by atoms with Crippen molar-refractivity contribution in [1.29, 1.82) is 0 Å². The molecule has 1 aliphatic rings. The van der Waals surface area contributed by atoms with E-state index in [-0.39, 0.29) is 0 Å². The second-order valence-electron chi connectivity index (χ2n) is 5.38. The van der Waals surface area contributed by atoms with Gasteiger partial charge in [0.1, 0.15) is 4.21 Å². The average Bonchev–Trinajstić information content (AvgIpc) is 2.98. The van der Waals surface area contributed by atoms with Crippen molar-refractivity contribution in [2.75, 3.05) is 46.4 Å². The zero-order chi connectivity index (χ0) is 15.6. The lowest BCUT2D eigenvalue weighted by Crippen LogP contribution is -2.41. The zero-order valence-electron chi connectivity index (χ0n) is 12.6. The fourth-order valence-corrected chi connectivity index (χ4v) is 5.24. The minimum atomic E-state index is -3.41. The Balaban J connectivity index is 1.70. The zero-order valence-corrected chi connectivity index (χ0v) is 14.2. The van der Waals surface area contributed by atoms with E-state index in [1.54, 1.807) is 13.1 Å². The lowest BCUT2D eigenvalue weighted by atomic mass is 10.3. The van der Waals surface area contributed by atoms with Gasteiger partial charge in [0, 0.05) is 37.9 Å². The van der Waals surface area contributed by atoms with Crippen molar-refractivity contribution < 1.29 is 13.2 Å². The molecule has 1 aromatic heterocycles. The maximum Gasteiger partial charge on any atom is 0.252 e. The second-order valence-corrected chi connectivity index (χ2v) is 8.74. The first kappa shape index (κ1) is 15.9. The van der Waals surface area contributed by atoms with Crippen LogP contribution in [0.3, 0.4) is 0 Å². The Kier molecular flexibility index (Phi) is 4.79. The topological polar surface area (TPSA) is 49.9 Å². The lowest BCUT2D eigenvalue weighted by Gasteiger charge is -2.28. The van der Waals surface area contributed by atoms with E-state index >= 15 is 0 Å². The summed E-state index contributed by atoms with van der Waals surface area (Å²) in [4.78, 5) is 2.24. The van der Waals surface area contributed by atoms with Gasteiger partial charge in [-0.25, -0.2) is 8.42 Å². The number of morpholine rings is 1. The molecule has 1 fully saturated rings. The molecule has 0 bridgehead atoms. The molecule has 2 heterocycles. The van der Waals surface area contributed by atoms with Crippen LogP contribution in [0.5, 0.6) is 0 Å². The SMILES string of the molecule is CN(CCN1CCOCC1)S(=O)(=O)c1cc2ccccc2s1. The molecule has 0 N–H and O–H groups in total. The van der Waals surface area contributed by atoms with Gasteiger partial charge < -0.3 is 4.74 Å². The van der Waals surface area contributed by atoms with Crippen LogP contribution in [0.1, 0.15) is 0 Å². The third-order valence-electron chi connectivity index (χ3n) is 3.90. The summed E-state index contributed by atoms with van der Waals surface area (Å²) in [7, 11) is -1.75. The van der Waals surface area contributed by atoms with Gasteiger partial charge in [-0.15, -0.1) is 11.3 Å². The van der Waals surface area contributed by atoms with Gasteiger partial charge in [-0.3, -0.25) is 4.90 Å². The molecule has 0 unspecified atom stereocenters. The molecule has 0 spiro atoms. The molecular weight excluding hydrogens is 320 g/mol. The van der Waals surface area contributed by atoms with Crippen LogP contribution in [0.4, 0.5) is 0 Å². The average molecular weight is 340 g/mol. The standard InChI is InChI=1S/C15H20N2O3S2/c1-16(6-7-17-8-10-20-11-9-17)22(18,19)15-12-13-4-2-3-5-14(13)21-15/h2-5,12H,6-11H2,1H3. The van der Waals surface area contributed by atoms with E-state index in [9.17, 15) is 8.42 Å². The number of rotatable bonds is 5. The van der Waals surface area contributed by atoms with Crippen molar-refractivity contribution in [1.82, 2.24) is 9.21 Å². The molecule has 1 aliphatic heterocycles. The van der Waals surface area contributed by atoms with Gasteiger partial charge in [0.25, 0.3) is 10.0 Å². The van der Waals surface area contributed by atoms with Gasteiger partial charge in [0.15, 0.2) is 0 Å². The summed E-state index contributed by atoms with van der Waals surface area (Å²) in [5.41, 5.74) is 0. The first-order valence-corrected chi connectivity index (χ1v) is 9.58. The first-order valence-electron chi connectivity index (χ1n) is 7.32. The molecule has 22 heavy (non-hydrogen) atoms. The van der Waals surface area contributed by atoms with Crippen LogP contribution < -0.4 is 0 Å². The van der Waals surface area contributed by atoms with Crippen molar-refractivity contribution in [3.05, 3.63) is 30.3 Å². The Morgan fingerprint density at radius 1 is 1.27 bits per heavy atom. The number of hydrogen-bond acceptors (Lipinski definition) is 5. The Hall–Kier alpha value is -0.990. The number of nitrogens with zero attached hydrogens (tertiary/aromatic N) is 2. The van der Waals surface area contributed by atoms with Crippen molar-refractivity contribution in [2.24, 2.45) is 0 Å². The largest absolute Gasteiger partial charge is 0.379 e. The fraction of sp³-hybridized carbons (Fsp3) is 0.467. The van der Waals surface area contributed by atoms with E-state index in [2.05, 4.69) is 4.90 Å². The molecule has 0 aliphatic carbocycles. The van der Waals surface area contributed by atoms with Crippen molar-refractivity contribution in [3.63, 3.8) is 0 Å². The molecule has 7 heteroatoms. The predicted octanol–water partition coefficient (Wildman–Crippen LogP) is 1.85. The molecule has 0 radical (unpaired) electrons. The Morgan fingerprint density at radius 3 is 2.73 bits per heavy atom. The summed E-state index contributed by atoms with van der Waals surface area (Å²) in [5.74, 6) is 0. The highest BCUT2D eigenvalue weighted by Crippen LogP contribution is 2.30. The minimum absolute atomic E-state index is 0.415. The number of benzene rings is 1. The number of fused-ring (bicyclic) bond motifs is 1. The van der Waals surface area contributed by atoms with E-state index in [1.165, 1.54) is 15.6 Å². The first-order chi connectivity index (χ1) is 10.6. The smallest absolute Gasteiger partial charge is 0.252 e. The maximum absolute atomic E-state index is 12.7. The highest BCUT2D eigenvalue weighted by molar-refractivity contribution is 7.91. The molecule has 0 atom stereocenters. The van der Waals surface area contributed by atoms with E-state index < -0.39 is 10.0 Å². The van der Waals surface area contributed by atoms with Gasteiger partial charge in [-0.1, -0.05) is 18.2 Å². The summed E-state index contributed by atoms with van der Waals surface area (Å²) in [6.07, 6.45) is 0. The summed E-state index contributed by atoms with van der Waals surface area (Å²) in [5, 5.41) is 0.979. The predicted molar refractivity (Wildman–Crippen MR) is 88.9 cm³/mol. The number of thiophene rings is 1. The van der Waals surface area contributed by atoms with Crippen LogP contribution in [-0.4, -0.2) is 64.1 Å². The molecule has 0 saturated carbocycles. The molecule has 5 nitrogen and oxygen atoms in total. The van der Waals surface area contributed by atoms with Gasteiger partial charge in [-0.05, 0) is 17.5 Å².